The molecule has 156 valence electrons. The van der Waals surface area contributed by atoms with Gasteiger partial charge in [-0.2, -0.15) is 0 Å². The lowest BCUT2D eigenvalue weighted by atomic mass is 10.2. The van der Waals surface area contributed by atoms with Gasteiger partial charge in [0, 0.05) is 6.21 Å². The van der Waals surface area contributed by atoms with Crippen LogP contribution in [0.5, 0.6) is 23.0 Å². The van der Waals surface area contributed by atoms with Crippen molar-refractivity contribution in [2.75, 3.05) is 7.11 Å². The Balaban J connectivity index is 1.74. The van der Waals surface area contributed by atoms with Gasteiger partial charge in [-0.3, -0.25) is 4.99 Å². The van der Waals surface area contributed by atoms with Gasteiger partial charge in [0.25, 0.3) is 0 Å². The van der Waals surface area contributed by atoms with Crippen molar-refractivity contribution >= 4 is 23.5 Å². The van der Waals surface area contributed by atoms with Gasteiger partial charge in [-0.1, -0.05) is 36.7 Å². The van der Waals surface area contributed by atoms with Crippen molar-refractivity contribution in [1.29, 1.82) is 0 Å². The maximum atomic E-state index is 6.42. The second kappa shape index (κ2) is 10.2. The Hall–Kier alpha value is -2.98. The van der Waals surface area contributed by atoms with Gasteiger partial charge >= 0.3 is 0 Å². The number of hydrogen-bond donors (Lipinski definition) is 0. The van der Waals surface area contributed by atoms with Gasteiger partial charge in [0.1, 0.15) is 11.5 Å². The van der Waals surface area contributed by atoms with Gasteiger partial charge in [-0.25, -0.2) is 0 Å². The number of methoxy groups -OCH3 is 1. The Labute approximate surface area is 183 Å². The molecule has 0 fully saturated rings. The highest BCUT2D eigenvalue weighted by Gasteiger charge is 2.14. The fourth-order valence-corrected chi connectivity index (χ4v) is 3.02. The summed E-state index contributed by atoms with van der Waals surface area (Å²) in [6.07, 6.45) is 2.68. The van der Waals surface area contributed by atoms with E-state index in [1.54, 1.807) is 13.3 Å². The van der Waals surface area contributed by atoms with E-state index in [2.05, 4.69) is 11.9 Å². The number of halogens is 1. The highest BCUT2D eigenvalue weighted by Crippen LogP contribution is 2.37. The molecule has 0 aliphatic carbocycles. The van der Waals surface area contributed by atoms with Crippen LogP contribution in [0.2, 0.25) is 5.02 Å². The maximum absolute atomic E-state index is 6.42. The summed E-state index contributed by atoms with van der Waals surface area (Å²) in [5.41, 5.74) is 2.72. The number of aliphatic imine (C=N–C) groups is 1. The molecule has 0 amide bonds. The van der Waals surface area contributed by atoms with E-state index in [1.807, 2.05) is 74.5 Å². The third kappa shape index (κ3) is 5.55. The van der Waals surface area contributed by atoms with Crippen LogP contribution in [-0.2, 0) is 0 Å². The molecule has 0 saturated heterocycles. The molecular formula is C25H26ClNO3. The van der Waals surface area contributed by atoms with E-state index in [9.17, 15) is 0 Å². The molecule has 5 heteroatoms. The van der Waals surface area contributed by atoms with Crippen molar-refractivity contribution in [3.8, 4) is 23.0 Å². The van der Waals surface area contributed by atoms with Crippen molar-refractivity contribution in [1.82, 2.24) is 0 Å². The summed E-state index contributed by atoms with van der Waals surface area (Å²) in [4.78, 5) is 4.53. The van der Waals surface area contributed by atoms with Crippen molar-refractivity contribution in [2.24, 2.45) is 4.99 Å². The quantitative estimate of drug-likeness (QED) is 0.355. The molecule has 3 rings (SSSR count). The van der Waals surface area contributed by atoms with Gasteiger partial charge in [0.05, 0.1) is 23.9 Å². The first-order valence-corrected chi connectivity index (χ1v) is 10.3. The van der Waals surface area contributed by atoms with E-state index in [1.165, 1.54) is 0 Å². The SMILES string of the molecule is CC[C@@H](C)Oc1c(Cl)cc(C=Nc2ccc(Oc3ccccc3C)cc2)cc1OC. The van der Waals surface area contributed by atoms with Gasteiger partial charge in [0.2, 0.25) is 0 Å². The molecule has 4 nitrogen and oxygen atoms in total. The summed E-state index contributed by atoms with van der Waals surface area (Å²) in [6, 6.07) is 19.2. The molecule has 0 aliphatic rings. The third-order valence-electron chi connectivity index (χ3n) is 4.67. The van der Waals surface area contributed by atoms with Crippen LogP contribution in [0.4, 0.5) is 5.69 Å². The topological polar surface area (TPSA) is 40.0 Å². The van der Waals surface area contributed by atoms with Crippen molar-refractivity contribution in [3.05, 3.63) is 76.8 Å². The van der Waals surface area contributed by atoms with E-state index < -0.39 is 0 Å². The lowest BCUT2D eigenvalue weighted by Crippen LogP contribution is -2.11. The minimum atomic E-state index is 0.0522. The first-order valence-electron chi connectivity index (χ1n) is 9.92. The minimum absolute atomic E-state index is 0.0522. The summed E-state index contributed by atoms with van der Waals surface area (Å²) in [6.45, 7) is 6.08. The lowest BCUT2D eigenvalue weighted by molar-refractivity contribution is 0.208. The van der Waals surface area contributed by atoms with Crippen molar-refractivity contribution in [3.63, 3.8) is 0 Å². The minimum Gasteiger partial charge on any atom is -0.493 e. The Kier molecular flexibility index (Phi) is 7.36. The van der Waals surface area contributed by atoms with E-state index in [-0.39, 0.29) is 6.10 Å². The van der Waals surface area contributed by atoms with Crippen LogP contribution in [0.15, 0.2) is 65.7 Å². The molecule has 0 heterocycles. The second-order valence-corrected chi connectivity index (χ2v) is 7.40. The number of aryl methyl sites for hydroxylation is 1. The second-order valence-electron chi connectivity index (χ2n) is 6.99. The van der Waals surface area contributed by atoms with Crippen LogP contribution < -0.4 is 14.2 Å². The molecule has 3 aromatic carbocycles. The fraction of sp³-hybridized carbons (Fsp3) is 0.240. The molecule has 3 aromatic rings. The van der Waals surface area contributed by atoms with Crippen LogP contribution in [0.3, 0.4) is 0 Å². The van der Waals surface area contributed by atoms with Crippen molar-refractivity contribution < 1.29 is 14.2 Å². The Morgan fingerprint density at radius 1 is 1.03 bits per heavy atom. The summed E-state index contributed by atoms with van der Waals surface area (Å²) < 4.78 is 17.3. The van der Waals surface area contributed by atoms with Crippen molar-refractivity contribution in [2.45, 2.75) is 33.3 Å². The maximum Gasteiger partial charge on any atom is 0.180 e. The third-order valence-corrected chi connectivity index (χ3v) is 4.95. The smallest absolute Gasteiger partial charge is 0.180 e. The number of benzene rings is 3. The zero-order valence-corrected chi connectivity index (χ0v) is 18.4. The number of nitrogens with zero attached hydrogens (tertiary/aromatic N) is 1. The zero-order chi connectivity index (χ0) is 21.5. The molecule has 0 radical (unpaired) electrons. The van der Waals surface area contributed by atoms with Gasteiger partial charge in [-0.15, -0.1) is 0 Å². The molecule has 0 N–H and O–H groups in total. The average Bonchev–Trinajstić information content (AvgIpc) is 2.76. The number of para-hydroxylation sites is 1. The highest BCUT2D eigenvalue weighted by molar-refractivity contribution is 6.32. The summed E-state index contributed by atoms with van der Waals surface area (Å²) in [7, 11) is 1.60. The first kappa shape index (κ1) is 21.7. The van der Waals surface area contributed by atoms with E-state index >= 15 is 0 Å². The standard InChI is InChI=1S/C25H26ClNO3/c1-5-18(3)29-25-22(26)14-19(15-24(25)28-4)16-27-20-10-12-21(13-11-20)30-23-9-7-6-8-17(23)2/h6-16,18H,5H2,1-4H3/t18-/m1/s1. The van der Waals surface area contributed by atoms with Crippen LogP contribution in [0.25, 0.3) is 0 Å². The van der Waals surface area contributed by atoms with E-state index in [0.29, 0.717) is 16.5 Å². The summed E-state index contributed by atoms with van der Waals surface area (Å²) in [5.74, 6) is 2.75. The largest absolute Gasteiger partial charge is 0.493 e. The lowest BCUT2D eigenvalue weighted by Gasteiger charge is -2.17. The van der Waals surface area contributed by atoms with Gasteiger partial charge in [0.15, 0.2) is 11.5 Å². The zero-order valence-electron chi connectivity index (χ0n) is 17.7. The number of ether oxygens (including phenoxy) is 3. The molecule has 0 aromatic heterocycles. The Bertz CT molecular complexity index is 1020. The molecule has 1 atom stereocenters. The monoisotopic (exact) mass is 423 g/mol. The average molecular weight is 424 g/mol. The molecule has 0 spiro atoms. The van der Waals surface area contributed by atoms with Gasteiger partial charge < -0.3 is 14.2 Å². The molecular weight excluding hydrogens is 398 g/mol. The van der Waals surface area contributed by atoms with Crippen LogP contribution in [0.1, 0.15) is 31.4 Å². The predicted octanol–water partition coefficient (Wildman–Crippen LogP) is 7.38. The van der Waals surface area contributed by atoms with Crippen LogP contribution in [-0.4, -0.2) is 19.4 Å². The molecule has 0 bridgehead atoms. The first-order chi connectivity index (χ1) is 14.5. The highest BCUT2D eigenvalue weighted by atomic mass is 35.5. The number of hydrogen-bond acceptors (Lipinski definition) is 4. The number of rotatable bonds is 8. The van der Waals surface area contributed by atoms with Gasteiger partial charge in [-0.05, 0) is 73.9 Å². The molecule has 0 saturated carbocycles. The summed E-state index contributed by atoms with van der Waals surface area (Å²) in [5, 5.41) is 0.498. The Morgan fingerprint density at radius 3 is 2.43 bits per heavy atom. The summed E-state index contributed by atoms with van der Waals surface area (Å²) >= 11 is 6.42. The molecule has 30 heavy (non-hydrogen) atoms. The predicted molar refractivity (Wildman–Crippen MR) is 123 cm³/mol. The molecule has 0 aliphatic heterocycles. The molecule has 0 unspecified atom stereocenters. The van der Waals surface area contributed by atoms with E-state index in [4.69, 9.17) is 25.8 Å². The fourth-order valence-electron chi connectivity index (χ4n) is 2.76. The van der Waals surface area contributed by atoms with E-state index in [0.717, 1.165) is 34.7 Å². The van der Waals surface area contributed by atoms with Crippen LogP contribution >= 0.6 is 11.6 Å². The Morgan fingerprint density at radius 2 is 1.77 bits per heavy atom. The van der Waals surface area contributed by atoms with Crippen LogP contribution in [0, 0.1) is 6.92 Å². The normalized spacial score (nSPS) is 12.0.